The monoisotopic (exact) mass is 700 g/mol. The standard InChI is InChI=1S/C27H28N4O4.2C2HF3O2/c1-3-4-13-31-15-23(27(33)30-34)25(16-31)29-26(32)19-9-11-21(12-10-19)35-17-20-14-18(2)28-24-8-6-5-7-22(20)24;2*3-2(4,5)1(6)7/h5-12,14,23,25,34H,13,15-17H2,1-2H3,(H,29,32)(H,30,33);2*(H,6,7)/t23-,25+;;/m0../s1. The maximum absolute atomic E-state index is 12.9. The van der Waals surface area contributed by atoms with Crippen LogP contribution >= 0.6 is 0 Å². The first-order valence-corrected chi connectivity index (χ1v) is 13.9. The lowest BCUT2D eigenvalue weighted by Gasteiger charge is -2.18. The van der Waals surface area contributed by atoms with E-state index in [2.05, 4.69) is 22.1 Å². The summed E-state index contributed by atoms with van der Waals surface area (Å²) in [6.45, 7) is 5.46. The van der Waals surface area contributed by atoms with Gasteiger partial charge in [0.25, 0.3) is 5.91 Å². The number of carboxylic acid groups (broad SMARTS) is 2. The maximum Gasteiger partial charge on any atom is 0.490 e. The normalized spacial score (nSPS) is 15.7. The zero-order valence-corrected chi connectivity index (χ0v) is 25.7. The van der Waals surface area contributed by atoms with E-state index in [0.717, 1.165) is 22.2 Å². The summed E-state index contributed by atoms with van der Waals surface area (Å²) in [6, 6.07) is 16.4. The van der Waals surface area contributed by atoms with Crippen LogP contribution in [0, 0.1) is 24.7 Å². The number of halogens is 6. The van der Waals surface area contributed by atoms with Crippen LogP contribution in [0.25, 0.3) is 10.9 Å². The number of nitrogens with zero attached hydrogens (tertiary/aromatic N) is 2. The van der Waals surface area contributed by atoms with Crippen LogP contribution in [0.1, 0.15) is 28.5 Å². The number of hydrogen-bond acceptors (Lipinski definition) is 8. The summed E-state index contributed by atoms with van der Waals surface area (Å²) in [5.41, 5.74) is 5.06. The van der Waals surface area contributed by atoms with Crippen LogP contribution in [0.2, 0.25) is 0 Å². The number of carboxylic acids is 2. The summed E-state index contributed by atoms with van der Waals surface area (Å²) in [5.74, 6) is -0.461. The third-order valence-corrected chi connectivity index (χ3v) is 6.56. The summed E-state index contributed by atoms with van der Waals surface area (Å²) in [6.07, 6.45) is -10.2. The number of hydroxylamine groups is 1. The molecule has 0 unspecified atom stereocenters. The molecule has 0 saturated carbocycles. The fourth-order valence-corrected chi connectivity index (χ4v) is 4.33. The lowest BCUT2D eigenvalue weighted by molar-refractivity contribution is -0.193. The summed E-state index contributed by atoms with van der Waals surface area (Å²) in [7, 11) is 0. The van der Waals surface area contributed by atoms with Crippen LogP contribution in [0.5, 0.6) is 5.75 Å². The van der Waals surface area contributed by atoms with Gasteiger partial charge in [-0.25, -0.2) is 15.1 Å². The number of aromatic nitrogens is 1. The Hall–Kier alpha value is -5.41. The molecule has 0 aliphatic carbocycles. The van der Waals surface area contributed by atoms with Crippen molar-refractivity contribution in [2.45, 2.75) is 38.8 Å². The van der Waals surface area contributed by atoms with Crippen LogP contribution in [-0.2, 0) is 21.0 Å². The van der Waals surface area contributed by atoms with E-state index in [1.165, 1.54) is 0 Å². The number of nitrogens with one attached hydrogen (secondary N) is 2. The predicted molar refractivity (Wildman–Crippen MR) is 159 cm³/mol. The highest BCUT2D eigenvalue weighted by Gasteiger charge is 2.39. The van der Waals surface area contributed by atoms with Crippen LogP contribution in [0.3, 0.4) is 0 Å². The maximum atomic E-state index is 12.9. The molecule has 0 spiro atoms. The highest BCUT2D eigenvalue weighted by atomic mass is 19.4. The average Bonchev–Trinajstić information content (AvgIpc) is 3.44. The molecule has 12 nitrogen and oxygen atoms in total. The lowest BCUT2D eigenvalue weighted by atomic mass is 10.0. The van der Waals surface area contributed by atoms with Gasteiger partial charge in [-0.05, 0) is 50.2 Å². The van der Waals surface area contributed by atoms with Gasteiger partial charge in [-0.15, -0.1) is 5.92 Å². The van der Waals surface area contributed by atoms with Gasteiger partial charge in [0.05, 0.1) is 24.0 Å². The van der Waals surface area contributed by atoms with Crippen molar-refractivity contribution in [3.63, 3.8) is 0 Å². The van der Waals surface area contributed by atoms with E-state index in [9.17, 15) is 35.9 Å². The number of rotatable bonds is 7. The second-order valence-electron chi connectivity index (χ2n) is 10.1. The van der Waals surface area contributed by atoms with Crippen molar-refractivity contribution in [1.29, 1.82) is 0 Å². The van der Waals surface area contributed by atoms with E-state index in [1.807, 2.05) is 42.2 Å². The molecular weight excluding hydrogens is 670 g/mol. The van der Waals surface area contributed by atoms with Crippen molar-refractivity contribution < 1.29 is 65.7 Å². The number of likely N-dealkylation sites (tertiary alicyclic amines) is 1. The summed E-state index contributed by atoms with van der Waals surface area (Å²) in [5, 5.41) is 27.3. The molecule has 3 aromatic rings. The minimum Gasteiger partial charge on any atom is -0.489 e. The zero-order valence-electron chi connectivity index (χ0n) is 25.7. The molecule has 2 amide bonds. The molecule has 1 aliphatic heterocycles. The highest BCUT2D eigenvalue weighted by molar-refractivity contribution is 5.95. The molecule has 5 N–H and O–H groups in total. The van der Waals surface area contributed by atoms with E-state index < -0.39 is 42.2 Å². The number of aryl methyl sites for hydroxylation is 1. The van der Waals surface area contributed by atoms with E-state index in [4.69, 9.17) is 29.7 Å². The average molecular weight is 701 g/mol. The number of pyridine rings is 1. The molecular formula is C31H30F6N4O8. The van der Waals surface area contributed by atoms with E-state index in [1.54, 1.807) is 36.7 Å². The fourth-order valence-electron chi connectivity index (χ4n) is 4.33. The van der Waals surface area contributed by atoms with Crippen molar-refractivity contribution in [1.82, 2.24) is 20.7 Å². The minimum atomic E-state index is -5.08. The van der Waals surface area contributed by atoms with Gasteiger partial charge in [0.15, 0.2) is 0 Å². The number of fused-ring (bicyclic) bond motifs is 1. The number of alkyl halides is 6. The number of carbonyl (C=O) groups is 4. The Labute approximate surface area is 274 Å². The topological polar surface area (TPSA) is 178 Å². The number of benzene rings is 2. The van der Waals surface area contributed by atoms with Crippen molar-refractivity contribution in [3.05, 3.63) is 71.4 Å². The van der Waals surface area contributed by atoms with Gasteiger partial charge in [0, 0.05) is 35.3 Å². The van der Waals surface area contributed by atoms with Gasteiger partial charge in [0.2, 0.25) is 5.91 Å². The molecule has 4 rings (SSSR count). The molecule has 2 atom stereocenters. The lowest BCUT2D eigenvalue weighted by Crippen LogP contribution is -2.45. The van der Waals surface area contributed by atoms with Crippen LogP contribution in [0.15, 0.2) is 54.6 Å². The van der Waals surface area contributed by atoms with Crippen molar-refractivity contribution in [2.24, 2.45) is 5.92 Å². The third kappa shape index (κ3) is 12.6. The number of aliphatic carboxylic acids is 2. The number of hydrogen-bond donors (Lipinski definition) is 5. The number of ether oxygens (including phenoxy) is 1. The van der Waals surface area contributed by atoms with Gasteiger partial charge < -0.3 is 20.3 Å². The Morgan fingerprint density at radius 1 is 0.959 bits per heavy atom. The summed E-state index contributed by atoms with van der Waals surface area (Å²) < 4.78 is 69.5. The van der Waals surface area contributed by atoms with Gasteiger partial charge in [0.1, 0.15) is 12.4 Å². The highest BCUT2D eigenvalue weighted by Crippen LogP contribution is 2.22. The first-order chi connectivity index (χ1) is 22.9. The number of amides is 2. The molecule has 1 saturated heterocycles. The van der Waals surface area contributed by atoms with Gasteiger partial charge >= 0.3 is 24.3 Å². The molecule has 1 fully saturated rings. The first kappa shape index (κ1) is 39.8. The van der Waals surface area contributed by atoms with Crippen molar-refractivity contribution >= 4 is 34.7 Å². The van der Waals surface area contributed by atoms with Gasteiger partial charge in [-0.2, -0.15) is 26.3 Å². The first-order valence-electron chi connectivity index (χ1n) is 13.9. The number of para-hydroxylation sites is 1. The Balaban J connectivity index is 0.000000500. The molecule has 264 valence electrons. The van der Waals surface area contributed by atoms with Gasteiger partial charge in [-0.3, -0.25) is 24.7 Å². The second kappa shape index (κ2) is 17.7. The summed E-state index contributed by atoms with van der Waals surface area (Å²) >= 11 is 0. The molecule has 49 heavy (non-hydrogen) atoms. The molecule has 0 bridgehead atoms. The Kier molecular flexibility index (Phi) is 14.3. The number of carbonyl (C=O) groups excluding carboxylic acids is 2. The molecule has 0 radical (unpaired) electrons. The Morgan fingerprint density at radius 2 is 1.53 bits per heavy atom. The van der Waals surface area contributed by atoms with Crippen molar-refractivity contribution in [3.8, 4) is 17.6 Å². The van der Waals surface area contributed by atoms with Crippen molar-refractivity contribution in [2.75, 3.05) is 19.6 Å². The molecule has 2 heterocycles. The van der Waals surface area contributed by atoms with E-state index in [0.29, 0.717) is 37.6 Å². The molecule has 2 aromatic carbocycles. The SMILES string of the molecule is CC#CCN1C[C@H](C(=O)NO)[C@H](NC(=O)c2ccc(OCc3cc(C)nc4ccccc34)cc2)C1.O=C(O)C(F)(F)F.O=C(O)C(F)(F)F. The second-order valence-corrected chi connectivity index (χ2v) is 10.1. The molecule has 18 heteroatoms. The molecule has 1 aromatic heterocycles. The van der Waals surface area contributed by atoms with E-state index >= 15 is 0 Å². The largest absolute Gasteiger partial charge is 0.490 e. The minimum absolute atomic E-state index is 0.295. The Bertz CT molecular complexity index is 1660. The van der Waals surface area contributed by atoms with E-state index in [-0.39, 0.29) is 5.91 Å². The van der Waals surface area contributed by atoms with Crippen LogP contribution < -0.4 is 15.5 Å². The zero-order chi connectivity index (χ0) is 36.9. The fraction of sp³-hybridized carbons (Fsp3) is 0.323. The molecule has 1 aliphatic rings. The quantitative estimate of drug-likeness (QED) is 0.105. The summed E-state index contributed by atoms with van der Waals surface area (Å²) in [4.78, 5) is 49.3. The van der Waals surface area contributed by atoms with Crippen LogP contribution in [0.4, 0.5) is 26.3 Å². The van der Waals surface area contributed by atoms with Gasteiger partial charge in [-0.1, -0.05) is 24.1 Å². The Morgan fingerprint density at radius 3 is 2.06 bits per heavy atom. The predicted octanol–water partition coefficient (Wildman–Crippen LogP) is 3.95. The smallest absolute Gasteiger partial charge is 0.489 e. The third-order valence-electron chi connectivity index (χ3n) is 6.56. The van der Waals surface area contributed by atoms with Crippen LogP contribution in [-0.4, -0.2) is 87.1 Å².